The van der Waals surface area contributed by atoms with E-state index in [-0.39, 0.29) is 31.5 Å². The number of ether oxygens (including phenoxy) is 4. The molecule has 5 atom stereocenters. The predicted octanol–water partition coefficient (Wildman–Crippen LogP) is 8.95. The molecule has 6 rings (SSSR count). The highest BCUT2D eigenvalue weighted by atomic mass is 35.5. The highest BCUT2D eigenvalue weighted by Gasteiger charge is 2.44. The summed E-state index contributed by atoms with van der Waals surface area (Å²) in [5.74, 6) is 0. The average Bonchev–Trinajstić information content (AvgIpc) is 3.19. The Kier molecular flexibility index (Phi) is 14.1. The Morgan fingerprint density at radius 1 is 0.692 bits per heavy atom. The first-order chi connectivity index (χ1) is 25.5. The van der Waals surface area contributed by atoms with Gasteiger partial charge in [0.1, 0.15) is 12.2 Å². The maximum atomic E-state index is 10.7. The van der Waals surface area contributed by atoms with Gasteiger partial charge < -0.3 is 29.2 Å². The molecule has 0 radical (unpaired) electrons. The van der Waals surface area contributed by atoms with Crippen molar-refractivity contribution in [1.29, 1.82) is 0 Å². The van der Waals surface area contributed by atoms with Crippen LogP contribution in [0.5, 0.6) is 0 Å². The van der Waals surface area contributed by atoms with Crippen molar-refractivity contribution >= 4 is 11.6 Å². The number of benzene rings is 5. The molecule has 0 saturated carbocycles. The third-order valence-corrected chi connectivity index (χ3v) is 10.1. The lowest BCUT2D eigenvalue weighted by atomic mass is 9.87. The van der Waals surface area contributed by atoms with Crippen molar-refractivity contribution in [3.8, 4) is 0 Å². The molecule has 5 aromatic carbocycles. The van der Waals surface area contributed by atoms with Gasteiger partial charge in [0.05, 0.1) is 44.7 Å². The summed E-state index contributed by atoms with van der Waals surface area (Å²) < 4.78 is 27.0. The van der Waals surface area contributed by atoms with E-state index >= 15 is 0 Å². The lowest BCUT2D eigenvalue weighted by Gasteiger charge is -2.44. The molecule has 0 spiro atoms. The molecular formula is C45H49ClO6. The second-order valence-electron chi connectivity index (χ2n) is 13.5. The lowest BCUT2D eigenvalue weighted by Crippen LogP contribution is -2.49. The smallest absolute Gasteiger partial charge is 0.114 e. The van der Waals surface area contributed by atoms with Crippen LogP contribution in [0.4, 0.5) is 0 Å². The van der Waals surface area contributed by atoms with Gasteiger partial charge in [0.25, 0.3) is 0 Å². The predicted molar refractivity (Wildman–Crippen MR) is 205 cm³/mol. The Morgan fingerprint density at radius 3 is 1.87 bits per heavy atom. The van der Waals surface area contributed by atoms with E-state index in [9.17, 15) is 10.2 Å². The van der Waals surface area contributed by atoms with Crippen LogP contribution in [0.2, 0.25) is 5.02 Å². The highest BCUT2D eigenvalue weighted by molar-refractivity contribution is 6.31. The number of aliphatic hydroxyl groups is 2. The van der Waals surface area contributed by atoms with Gasteiger partial charge in [-0.2, -0.15) is 0 Å². The number of rotatable bonds is 17. The average molecular weight is 721 g/mol. The Morgan fingerprint density at radius 2 is 1.27 bits per heavy atom. The zero-order valence-electron chi connectivity index (χ0n) is 29.8. The number of hydrogen-bond acceptors (Lipinski definition) is 6. The van der Waals surface area contributed by atoms with Crippen LogP contribution in [-0.4, -0.2) is 41.2 Å². The second kappa shape index (κ2) is 19.3. The van der Waals surface area contributed by atoms with Crippen molar-refractivity contribution in [1.82, 2.24) is 0 Å². The largest absolute Gasteiger partial charge is 0.396 e. The fourth-order valence-corrected chi connectivity index (χ4v) is 7.04. The van der Waals surface area contributed by atoms with Crippen molar-refractivity contribution in [3.05, 3.63) is 177 Å². The Bertz CT molecular complexity index is 1780. The molecule has 2 N–H and O–H groups in total. The van der Waals surface area contributed by atoms with Gasteiger partial charge in [0, 0.05) is 18.1 Å². The van der Waals surface area contributed by atoms with E-state index < -0.39 is 12.2 Å². The molecule has 0 aliphatic carbocycles. The SMILES string of the molecule is CC(OCc1ccccc1)C1CC(OCc2ccccc2)[C@@H](OCc2ccccc2)C(c2cc(Cc3ccc(CCCO)cc3)c(Cl)cc2CO)O1. The number of aliphatic hydroxyl groups excluding tert-OH is 2. The zero-order chi connectivity index (χ0) is 36.1. The molecule has 1 aliphatic rings. The summed E-state index contributed by atoms with van der Waals surface area (Å²) in [6, 6.07) is 42.8. The van der Waals surface area contributed by atoms with Crippen LogP contribution < -0.4 is 0 Å². The van der Waals surface area contributed by atoms with Gasteiger partial charge in [-0.25, -0.2) is 0 Å². The fourth-order valence-electron chi connectivity index (χ4n) is 6.79. The summed E-state index contributed by atoms with van der Waals surface area (Å²) in [6.45, 7) is 3.27. The van der Waals surface area contributed by atoms with Crippen LogP contribution in [0.1, 0.15) is 70.4 Å². The maximum Gasteiger partial charge on any atom is 0.114 e. The lowest BCUT2D eigenvalue weighted by molar-refractivity contribution is -0.231. The van der Waals surface area contributed by atoms with E-state index in [1.54, 1.807) is 0 Å². The van der Waals surface area contributed by atoms with E-state index in [0.717, 1.165) is 46.2 Å². The molecule has 0 aromatic heterocycles. The molecular weight excluding hydrogens is 672 g/mol. The summed E-state index contributed by atoms with van der Waals surface area (Å²) in [4.78, 5) is 0. The Hall–Kier alpha value is -3.85. The van der Waals surface area contributed by atoms with Crippen molar-refractivity contribution in [2.75, 3.05) is 6.61 Å². The molecule has 1 heterocycles. The standard InChI is InChI=1S/C45H49ClO6/c1-32(49-29-35-12-5-2-6-13-35)42-27-43(50-30-36-14-7-3-8-15-36)45(51-31-37-16-9-4-10-17-37)44(52-42)40-25-38(41(46)26-39(40)28-48)24-34-21-19-33(20-22-34)18-11-23-47/h2-10,12-17,19-22,25-26,32,42-45,47-48H,11,18,23-24,27-31H2,1H3/t32?,42?,43?,44?,45-/m1/s1. The number of aryl methyl sites for hydroxylation is 1. The number of hydrogen-bond donors (Lipinski definition) is 2. The summed E-state index contributed by atoms with van der Waals surface area (Å²) in [6.07, 6.45) is 0.753. The quantitative estimate of drug-likeness (QED) is 0.0999. The van der Waals surface area contributed by atoms with E-state index in [2.05, 4.69) is 73.7 Å². The van der Waals surface area contributed by atoms with Gasteiger partial charge in [-0.3, -0.25) is 0 Å². The topological polar surface area (TPSA) is 77.4 Å². The molecule has 1 aliphatic heterocycles. The van der Waals surface area contributed by atoms with Gasteiger partial charge in [-0.15, -0.1) is 0 Å². The van der Waals surface area contributed by atoms with Crippen molar-refractivity contribution < 1.29 is 29.2 Å². The minimum Gasteiger partial charge on any atom is -0.396 e. The van der Waals surface area contributed by atoms with Crippen molar-refractivity contribution in [2.24, 2.45) is 0 Å². The van der Waals surface area contributed by atoms with Crippen molar-refractivity contribution in [3.63, 3.8) is 0 Å². The fraction of sp³-hybridized carbons (Fsp3) is 0.333. The van der Waals surface area contributed by atoms with Crippen LogP contribution in [0.25, 0.3) is 0 Å². The van der Waals surface area contributed by atoms with Gasteiger partial charge in [-0.1, -0.05) is 133 Å². The van der Waals surface area contributed by atoms with Gasteiger partial charge in [0.2, 0.25) is 0 Å². The summed E-state index contributed by atoms with van der Waals surface area (Å²) in [7, 11) is 0. The highest BCUT2D eigenvalue weighted by Crippen LogP contribution is 2.41. The minimum absolute atomic E-state index is 0.174. The number of halogens is 1. The monoisotopic (exact) mass is 720 g/mol. The van der Waals surface area contributed by atoms with Crippen LogP contribution in [0.15, 0.2) is 127 Å². The van der Waals surface area contributed by atoms with E-state index in [1.165, 1.54) is 5.56 Å². The van der Waals surface area contributed by atoms with Crippen LogP contribution >= 0.6 is 11.6 Å². The second-order valence-corrected chi connectivity index (χ2v) is 14.0. The van der Waals surface area contributed by atoms with Gasteiger partial charge >= 0.3 is 0 Å². The molecule has 4 unspecified atom stereocenters. The van der Waals surface area contributed by atoms with Crippen LogP contribution in [-0.2, 0) is 58.2 Å². The molecule has 0 amide bonds. The summed E-state index contributed by atoms with van der Waals surface area (Å²) >= 11 is 6.92. The third kappa shape index (κ3) is 10.4. The zero-order valence-corrected chi connectivity index (χ0v) is 30.5. The van der Waals surface area contributed by atoms with Crippen molar-refractivity contribution in [2.45, 2.75) is 89.6 Å². The van der Waals surface area contributed by atoms with E-state index in [0.29, 0.717) is 43.2 Å². The summed E-state index contributed by atoms with van der Waals surface area (Å²) in [5.41, 5.74) is 7.96. The normalized spacial score (nSPS) is 19.4. The molecule has 5 aromatic rings. The first-order valence-electron chi connectivity index (χ1n) is 18.2. The van der Waals surface area contributed by atoms with Crippen LogP contribution in [0, 0.1) is 0 Å². The molecule has 0 bridgehead atoms. The van der Waals surface area contributed by atoms with E-state index in [4.69, 9.17) is 30.5 Å². The summed E-state index contributed by atoms with van der Waals surface area (Å²) in [5, 5.41) is 20.6. The maximum absolute atomic E-state index is 10.7. The Balaban J connectivity index is 1.34. The first-order valence-corrected chi connectivity index (χ1v) is 18.6. The molecule has 272 valence electrons. The van der Waals surface area contributed by atoms with Crippen LogP contribution in [0.3, 0.4) is 0 Å². The van der Waals surface area contributed by atoms with Gasteiger partial charge in [-0.05, 0) is 76.8 Å². The third-order valence-electron chi connectivity index (χ3n) is 9.75. The van der Waals surface area contributed by atoms with Gasteiger partial charge in [0.15, 0.2) is 0 Å². The Labute approximate surface area is 312 Å². The molecule has 6 nitrogen and oxygen atoms in total. The minimum atomic E-state index is -0.579. The van der Waals surface area contributed by atoms with E-state index in [1.807, 2.05) is 60.7 Å². The molecule has 52 heavy (non-hydrogen) atoms. The molecule has 7 heteroatoms. The first kappa shape index (κ1) is 37.9. The molecule has 1 saturated heterocycles. The molecule has 1 fully saturated rings.